The number of rotatable bonds is 7. The smallest absolute Gasteiger partial charge is 0.254 e. The monoisotopic (exact) mass is 392 g/mol. The average Bonchev–Trinajstić information content (AvgIpc) is 2.56. The molecule has 2 aromatic rings. The summed E-state index contributed by atoms with van der Waals surface area (Å²) in [6.07, 6.45) is 0. The quantitative estimate of drug-likeness (QED) is 0.696. The zero-order valence-corrected chi connectivity index (χ0v) is 14.5. The van der Waals surface area contributed by atoms with E-state index in [-0.39, 0.29) is 4.90 Å². The third-order valence-electron chi connectivity index (χ3n) is 2.96. The maximum Gasteiger partial charge on any atom is 0.254 e. The standard InChI is InChI=1S/C14H14F2N2O5S2/c1-2-23-10-3-5-11(6-4-10)24(19,20)17-18-25(21,22)12-7-8-13(15)14(16)9-12/h3-9,17-18H,2H2,1H3. The first-order chi connectivity index (χ1) is 11.7. The minimum atomic E-state index is -4.43. The summed E-state index contributed by atoms with van der Waals surface area (Å²) in [7, 11) is -8.64. The number of benzene rings is 2. The van der Waals surface area contributed by atoms with Crippen LogP contribution in [0.3, 0.4) is 0 Å². The van der Waals surface area contributed by atoms with E-state index in [0.29, 0.717) is 24.5 Å². The van der Waals surface area contributed by atoms with Gasteiger partial charge in [-0.2, -0.15) is 0 Å². The maximum atomic E-state index is 13.1. The van der Waals surface area contributed by atoms with E-state index in [4.69, 9.17) is 4.74 Å². The lowest BCUT2D eigenvalue weighted by Gasteiger charge is -2.10. The van der Waals surface area contributed by atoms with Crippen LogP contribution in [-0.4, -0.2) is 23.4 Å². The van der Waals surface area contributed by atoms with Gasteiger partial charge in [-0.15, -0.1) is 9.66 Å². The number of hydrazine groups is 1. The third kappa shape index (κ3) is 4.72. The minimum Gasteiger partial charge on any atom is -0.494 e. The van der Waals surface area contributed by atoms with Crippen LogP contribution in [0.2, 0.25) is 0 Å². The highest BCUT2D eigenvalue weighted by Gasteiger charge is 2.21. The molecule has 11 heteroatoms. The van der Waals surface area contributed by atoms with Gasteiger partial charge in [-0.3, -0.25) is 0 Å². The summed E-state index contributed by atoms with van der Waals surface area (Å²) in [6, 6.07) is 7.10. The van der Waals surface area contributed by atoms with Crippen molar-refractivity contribution in [3.63, 3.8) is 0 Å². The highest BCUT2D eigenvalue weighted by molar-refractivity contribution is 7.92. The molecule has 7 nitrogen and oxygen atoms in total. The number of ether oxygens (including phenoxy) is 1. The van der Waals surface area contributed by atoms with Crippen LogP contribution < -0.4 is 14.4 Å². The van der Waals surface area contributed by atoms with Gasteiger partial charge in [-0.25, -0.2) is 25.6 Å². The molecule has 0 spiro atoms. The van der Waals surface area contributed by atoms with Crippen LogP contribution in [0.4, 0.5) is 8.78 Å². The average molecular weight is 392 g/mol. The van der Waals surface area contributed by atoms with E-state index < -0.39 is 36.6 Å². The first-order valence-corrected chi connectivity index (χ1v) is 9.84. The van der Waals surface area contributed by atoms with Crippen molar-refractivity contribution in [1.29, 1.82) is 0 Å². The molecular weight excluding hydrogens is 378 g/mol. The van der Waals surface area contributed by atoms with Gasteiger partial charge in [0.15, 0.2) is 11.6 Å². The Hall–Kier alpha value is -2.08. The minimum absolute atomic E-state index is 0.219. The molecule has 0 aliphatic carbocycles. The van der Waals surface area contributed by atoms with Crippen molar-refractivity contribution in [2.24, 2.45) is 0 Å². The Labute approximate surface area is 143 Å². The topological polar surface area (TPSA) is 102 Å². The Bertz CT molecular complexity index is 961. The van der Waals surface area contributed by atoms with Crippen LogP contribution in [0, 0.1) is 11.6 Å². The number of nitrogens with one attached hydrogen (secondary N) is 2. The summed E-state index contributed by atoms with van der Waals surface area (Å²) in [4.78, 5) is 2.43. The molecule has 0 saturated heterocycles. The summed E-state index contributed by atoms with van der Waals surface area (Å²) >= 11 is 0. The fourth-order valence-corrected chi connectivity index (χ4v) is 3.87. The molecule has 25 heavy (non-hydrogen) atoms. The van der Waals surface area contributed by atoms with Gasteiger partial charge >= 0.3 is 0 Å². The molecular formula is C14H14F2N2O5S2. The van der Waals surface area contributed by atoms with Crippen molar-refractivity contribution in [3.8, 4) is 5.75 Å². The van der Waals surface area contributed by atoms with Crippen molar-refractivity contribution in [2.75, 3.05) is 6.61 Å². The highest BCUT2D eigenvalue weighted by Crippen LogP contribution is 2.16. The molecule has 0 heterocycles. The van der Waals surface area contributed by atoms with Gasteiger partial charge in [0.2, 0.25) is 0 Å². The lowest BCUT2D eigenvalue weighted by atomic mass is 10.3. The first kappa shape index (κ1) is 19.2. The molecule has 2 N–H and O–H groups in total. The second-order valence-electron chi connectivity index (χ2n) is 4.69. The van der Waals surface area contributed by atoms with Gasteiger partial charge in [-0.1, -0.05) is 0 Å². The van der Waals surface area contributed by atoms with Crippen molar-refractivity contribution >= 4 is 20.0 Å². The number of halogens is 2. The molecule has 0 unspecified atom stereocenters. The van der Waals surface area contributed by atoms with Crippen LogP contribution in [-0.2, 0) is 20.0 Å². The summed E-state index contributed by atoms with van der Waals surface area (Å²) < 4.78 is 79.3. The van der Waals surface area contributed by atoms with E-state index in [1.54, 1.807) is 16.6 Å². The second kappa shape index (κ2) is 7.44. The molecule has 0 radical (unpaired) electrons. The number of sulfonamides is 2. The highest BCUT2D eigenvalue weighted by atomic mass is 32.2. The normalized spacial score (nSPS) is 12.1. The molecule has 0 aromatic heterocycles. The van der Waals surface area contributed by atoms with Crippen LogP contribution in [0.15, 0.2) is 52.3 Å². The largest absolute Gasteiger partial charge is 0.494 e. The van der Waals surface area contributed by atoms with Gasteiger partial charge in [0, 0.05) is 0 Å². The lowest BCUT2D eigenvalue weighted by Crippen LogP contribution is -2.41. The molecule has 0 fully saturated rings. The molecule has 0 saturated carbocycles. The first-order valence-electron chi connectivity index (χ1n) is 6.87. The van der Waals surface area contributed by atoms with E-state index in [9.17, 15) is 25.6 Å². The Morgan fingerprint density at radius 1 is 0.840 bits per heavy atom. The Morgan fingerprint density at radius 2 is 1.36 bits per heavy atom. The van der Waals surface area contributed by atoms with Gasteiger partial charge in [0.05, 0.1) is 16.4 Å². The molecule has 136 valence electrons. The van der Waals surface area contributed by atoms with Crippen LogP contribution >= 0.6 is 0 Å². The van der Waals surface area contributed by atoms with E-state index >= 15 is 0 Å². The number of hydrogen-bond acceptors (Lipinski definition) is 5. The molecule has 0 aliphatic rings. The van der Waals surface area contributed by atoms with Crippen LogP contribution in [0.1, 0.15) is 6.92 Å². The predicted molar refractivity (Wildman–Crippen MR) is 84.6 cm³/mol. The zero-order valence-electron chi connectivity index (χ0n) is 12.9. The van der Waals surface area contributed by atoms with Crippen molar-refractivity contribution in [2.45, 2.75) is 16.7 Å². The number of hydrogen-bond donors (Lipinski definition) is 2. The molecule has 2 rings (SSSR count). The van der Waals surface area contributed by atoms with Crippen LogP contribution in [0.5, 0.6) is 5.75 Å². The van der Waals surface area contributed by atoms with Gasteiger partial charge in [0.25, 0.3) is 20.0 Å². The van der Waals surface area contributed by atoms with Crippen molar-refractivity contribution in [1.82, 2.24) is 9.66 Å². The Kier molecular flexibility index (Phi) is 5.72. The predicted octanol–water partition coefficient (Wildman–Crippen LogP) is 1.54. The molecule has 0 amide bonds. The van der Waals surface area contributed by atoms with Crippen molar-refractivity contribution in [3.05, 3.63) is 54.1 Å². The Morgan fingerprint density at radius 3 is 1.88 bits per heavy atom. The zero-order chi connectivity index (χ0) is 18.7. The second-order valence-corrected chi connectivity index (χ2v) is 8.06. The van der Waals surface area contributed by atoms with Gasteiger partial charge in [-0.05, 0) is 49.4 Å². The summed E-state index contributed by atoms with van der Waals surface area (Å²) in [5.74, 6) is -2.16. The molecule has 0 bridgehead atoms. The van der Waals surface area contributed by atoms with E-state index in [0.717, 1.165) is 6.07 Å². The fourth-order valence-electron chi connectivity index (χ4n) is 1.75. The molecule has 0 atom stereocenters. The molecule has 0 aliphatic heterocycles. The van der Waals surface area contributed by atoms with Crippen molar-refractivity contribution < 1.29 is 30.4 Å². The summed E-state index contributed by atoms with van der Waals surface area (Å²) in [6.45, 7) is 2.16. The van der Waals surface area contributed by atoms with E-state index in [2.05, 4.69) is 0 Å². The lowest BCUT2D eigenvalue weighted by molar-refractivity contribution is 0.340. The Balaban J connectivity index is 2.16. The summed E-state index contributed by atoms with van der Waals surface area (Å²) in [5, 5.41) is 0. The summed E-state index contributed by atoms with van der Waals surface area (Å²) in [5.41, 5.74) is 0. The fraction of sp³-hybridized carbons (Fsp3) is 0.143. The van der Waals surface area contributed by atoms with Gasteiger partial charge in [0.1, 0.15) is 5.75 Å². The SMILES string of the molecule is CCOc1ccc(S(=O)(=O)NNS(=O)(=O)c2ccc(F)c(F)c2)cc1. The maximum absolute atomic E-state index is 13.1. The van der Waals surface area contributed by atoms with E-state index in [1.807, 2.05) is 0 Å². The third-order valence-corrected chi connectivity index (χ3v) is 5.59. The van der Waals surface area contributed by atoms with Crippen LogP contribution in [0.25, 0.3) is 0 Å². The van der Waals surface area contributed by atoms with E-state index in [1.165, 1.54) is 24.3 Å². The van der Waals surface area contributed by atoms with Gasteiger partial charge < -0.3 is 4.74 Å². The molecule has 2 aromatic carbocycles.